The highest BCUT2D eigenvalue weighted by Crippen LogP contribution is 2.35. The molecule has 0 aromatic heterocycles. The minimum atomic E-state index is -1.41. The number of esters is 1. The third kappa shape index (κ3) is 2.79. The van der Waals surface area contributed by atoms with Crippen LogP contribution < -0.4 is 0 Å². The molecule has 2 nitrogen and oxygen atoms in total. The monoisotopic (exact) mass is 300 g/mol. The van der Waals surface area contributed by atoms with Gasteiger partial charge in [-0.25, -0.2) is 9.18 Å². The minimum absolute atomic E-state index is 0.125. The Bertz CT molecular complexity index is 186. The number of hydrogen-bond acceptors (Lipinski definition) is 2. The van der Waals surface area contributed by atoms with E-state index in [4.69, 9.17) is 0 Å². The van der Waals surface area contributed by atoms with Gasteiger partial charge in [-0.05, 0) is 19.8 Å². The lowest BCUT2D eigenvalue weighted by Gasteiger charge is -2.17. The molecule has 13 heavy (non-hydrogen) atoms. The molecule has 0 radical (unpaired) electrons. The van der Waals surface area contributed by atoms with E-state index < -0.39 is 12.1 Å². The van der Waals surface area contributed by atoms with Crippen molar-refractivity contribution in [2.24, 2.45) is 5.92 Å². The Morgan fingerprint density at radius 2 is 2.38 bits per heavy atom. The zero-order valence-electron chi connectivity index (χ0n) is 7.63. The molecule has 1 rings (SSSR count). The number of alkyl halides is 2. The summed E-state index contributed by atoms with van der Waals surface area (Å²) in [6, 6.07) is 0. The first-order chi connectivity index (χ1) is 6.16. The average Bonchev–Trinajstić information content (AvgIpc) is 2.50. The van der Waals surface area contributed by atoms with Gasteiger partial charge in [0.15, 0.2) is 0 Å². The number of carbonyl (C=O) groups excluding carboxylic acids is 1. The molecule has 0 bridgehead atoms. The van der Waals surface area contributed by atoms with Gasteiger partial charge in [0.25, 0.3) is 0 Å². The van der Waals surface area contributed by atoms with Crippen molar-refractivity contribution >= 4 is 28.6 Å². The van der Waals surface area contributed by atoms with Gasteiger partial charge in [0.1, 0.15) is 0 Å². The van der Waals surface area contributed by atoms with E-state index in [-0.39, 0.29) is 16.4 Å². The smallest absolute Gasteiger partial charge is 0.341 e. The molecule has 0 spiro atoms. The SMILES string of the molecule is CCOC(=O)C(F)[C@H]1CCC[C@H]1I. The van der Waals surface area contributed by atoms with Crippen LogP contribution in [-0.2, 0) is 9.53 Å². The number of carbonyl (C=O) groups is 1. The molecular weight excluding hydrogens is 286 g/mol. The van der Waals surface area contributed by atoms with Crippen LogP contribution in [0.5, 0.6) is 0 Å². The van der Waals surface area contributed by atoms with E-state index in [1.165, 1.54) is 0 Å². The van der Waals surface area contributed by atoms with E-state index in [0.717, 1.165) is 19.3 Å². The zero-order valence-corrected chi connectivity index (χ0v) is 9.79. The second kappa shape index (κ2) is 5.12. The lowest BCUT2D eigenvalue weighted by atomic mass is 10.0. The van der Waals surface area contributed by atoms with Crippen LogP contribution in [-0.4, -0.2) is 22.7 Å². The Labute approximate surface area is 91.4 Å². The molecule has 0 N–H and O–H groups in total. The van der Waals surface area contributed by atoms with Crippen LogP contribution >= 0.6 is 22.6 Å². The number of halogens is 2. The quantitative estimate of drug-likeness (QED) is 0.455. The lowest BCUT2D eigenvalue weighted by Crippen LogP contribution is -2.30. The third-order valence-corrected chi connectivity index (χ3v) is 3.92. The summed E-state index contributed by atoms with van der Waals surface area (Å²) in [5.41, 5.74) is 0. The first kappa shape index (κ1) is 11.2. The molecule has 4 heteroatoms. The first-order valence-corrected chi connectivity index (χ1v) is 5.86. The lowest BCUT2D eigenvalue weighted by molar-refractivity contribution is -0.151. The van der Waals surface area contributed by atoms with Crippen molar-refractivity contribution in [2.75, 3.05) is 6.61 Å². The highest BCUT2D eigenvalue weighted by molar-refractivity contribution is 14.1. The maximum Gasteiger partial charge on any atom is 0.341 e. The van der Waals surface area contributed by atoms with E-state index in [1.54, 1.807) is 6.92 Å². The van der Waals surface area contributed by atoms with Gasteiger partial charge in [0.2, 0.25) is 6.17 Å². The van der Waals surface area contributed by atoms with Crippen LogP contribution in [0.4, 0.5) is 4.39 Å². The number of hydrogen-bond donors (Lipinski definition) is 0. The van der Waals surface area contributed by atoms with Crippen molar-refractivity contribution in [1.29, 1.82) is 0 Å². The number of rotatable bonds is 3. The van der Waals surface area contributed by atoms with Gasteiger partial charge < -0.3 is 4.74 Å². The summed E-state index contributed by atoms with van der Waals surface area (Å²) < 4.78 is 18.4. The Hall–Kier alpha value is 0.130. The average molecular weight is 300 g/mol. The normalized spacial score (nSPS) is 30.1. The summed E-state index contributed by atoms with van der Waals surface area (Å²) in [6.07, 6.45) is 1.45. The van der Waals surface area contributed by atoms with Crippen molar-refractivity contribution in [3.8, 4) is 0 Å². The summed E-state index contributed by atoms with van der Waals surface area (Å²) in [5, 5.41) is 0. The third-order valence-electron chi connectivity index (χ3n) is 2.37. The van der Waals surface area contributed by atoms with Crippen LogP contribution in [0, 0.1) is 5.92 Å². The molecule has 0 heterocycles. The predicted molar refractivity (Wildman–Crippen MR) is 56.7 cm³/mol. The second-order valence-electron chi connectivity index (χ2n) is 3.26. The van der Waals surface area contributed by atoms with Crippen molar-refractivity contribution in [2.45, 2.75) is 36.3 Å². The van der Waals surface area contributed by atoms with Crippen molar-refractivity contribution < 1.29 is 13.9 Å². The second-order valence-corrected chi connectivity index (χ2v) is 4.86. The van der Waals surface area contributed by atoms with Gasteiger partial charge in [-0.3, -0.25) is 0 Å². The summed E-state index contributed by atoms with van der Waals surface area (Å²) in [5.74, 6) is -0.810. The molecule has 1 aliphatic rings. The van der Waals surface area contributed by atoms with E-state index in [0.29, 0.717) is 0 Å². The van der Waals surface area contributed by atoms with Gasteiger partial charge >= 0.3 is 5.97 Å². The molecule has 0 aromatic rings. The van der Waals surface area contributed by atoms with E-state index >= 15 is 0 Å². The summed E-state index contributed by atoms with van der Waals surface area (Å²) in [4.78, 5) is 11.1. The molecular formula is C9H14FIO2. The van der Waals surface area contributed by atoms with Gasteiger partial charge in [0, 0.05) is 9.84 Å². The number of ether oxygens (including phenoxy) is 1. The molecule has 0 saturated heterocycles. The Balaban J connectivity index is 2.45. The van der Waals surface area contributed by atoms with Crippen LogP contribution in [0.25, 0.3) is 0 Å². The Kier molecular flexibility index (Phi) is 4.41. The van der Waals surface area contributed by atoms with Crippen LogP contribution in [0.1, 0.15) is 26.2 Å². The van der Waals surface area contributed by atoms with Crippen LogP contribution in [0.2, 0.25) is 0 Å². The van der Waals surface area contributed by atoms with Crippen molar-refractivity contribution in [3.63, 3.8) is 0 Å². The summed E-state index contributed by atoms with van der Waals surface area (Å²) in [6.45, 7) is 1.96. The Morgan fingerprint density at radius 3 is 2.85 bits per heavy atom. The summed E-state index contributed by atoms with van der Waals surface area (Å²) in [7, 11) is 0. The molecule has 76 valence electrons. The van der Waals surface area contributed by atoms with E-state index in [9.17, 15) is 9.18 Å². The fourth-order valence-corrected chi connectivity index (χ4v) is 2.83. The van der Waals surface area contributed by atoms with Crippen LogP contribution in [0.15, 0.2) is 0 Å². The fourth-order valence-electron chi connectivity index (χ4n) is 1.67. The molecule has 1 aliphatic carbocycles. The largest absolute Gasteiger partial charge is 0.464 e. The predicted octanol–water partition coefficient (Wildman–Crippen LogP) is 2.49. The molecule has 0 aliphatic heterocycles. The fraction of sp³-hybridized carbons (Fsp3) is 0.889. The van der Waals surface area contributed by atoms with Gasteiger partial charge in [0.05, 0.1) is 6.61 Å². The van der Waals surface area contributed by atoms with Crippen LogP contribution in [0.3, 0.4) is 0 Å². The van der Waals surface area contributed by atoms with Crippen molar-refractivity contribution in [3.05, 3.63) is 0 Å². The molecule has 1 unspecified atom stereocenters. The van der Waals surface area contributed by atoms with E-state index in [2.05, 4.69) is 27.3 Å². The maximum absolute atomic E-state index is 13.5. The molecule has 3 atom stereocenters. The van der Waals surface area contributed by atoms with Crippen molar-refractivity contribution in [1.82, 2.24) is 0 Å². The van der Waals surface area contributed by atoms with Gasteiger partial charge in [-0.2, -0.15) is 0 Å². The molecule has 1 saturated carbocycles. The van der Waals surface area contributed by atoms with Gasteiger partial charge in [-0.1, -0.05) is 29.0 Å². The highest BCUT2D eigenvalue weighted by atomic mass is 127. The maximum atomic E-state index is 13.5. The molecule has 0 aromatic carbocycles. The Morgan fingerprint density at radius 1 is 1.69 bits per heavy atom. The van der Waals surface area contributed by atoms with E-state index in [1.807, 2.05) is 0 Å². The molecule has 0 amide bonds. The topological polar surface area (TPSA) is 26.3 Å². The minimum Gasteiger partial charge on any atom is -0.464 e. The first-order valence-electron chi connectivity index (χ1n) is 4.61. The summed E-state index contributed by atoms with van der Waals surface area (Å²) >= 11 is 2.22. The standard InChI is InChI=1S/C9H14FIO2/c1-2-13-9(12)8(10)6-4-3-5-7(6)11/h6-8H,2-5H2,1H3/t6-,7+,8?/m0/s1. The van der Waals surface area contributed by atoms with Gasteiger partial charge in [-0.15, -0.1) is 0 Å². The molecule has 1 fully saturated rings. The zero-order chi connectivity index (χ0) is 9.84. The highest BCUT2D eigenvalue weighted by Gasteiger charge is 2.37.